The number of aliphatic hydroxyl groups is 1. The molecule has 0 saturated carbocycles. The molecule has 0 unspecified atom stereocenters. The maximum atomic E-state index is 11.3. The third-order valence-corrected chi connectivity index (χ3v) is 3.70. The molecule has 7 heteroatoms. The molecule has 0 aliphatic carbocycles. The summed E-state index contributed by atoms with van der Waals surface area (Å²) in [5.74, 6) is -0.331. The van der Waals surface area contributed by atoms with E-state index in [0.717, 1.165) is 0 Å². The maximum Gasteiger partial charge on any atom is 0.235 e. The first-order chi connectivity index (χ1) is 6.94. The summed E-state index contributed by atoms with van der Waals surface area (Å²) >= 11 is 8.88. The monoisotopic (exact) mass is 313 g/mol. The van der Waals surface area contributed by atoms with Crippen LogP contribution >= 0.6 is 27.5 Å². The van der Waals surface area contributed by atoms with E-state index >= 15 is 0 Å². The van der Waals surface area contributed by atoms with E-state index in [0.29, 0.717) is 15.2 Å². The molecule has 1 rings (SSSR count). The van der Waals surface area contributed by atoms with Crippen molar-refractivity contribution in [2.75, 3.05) is 17.1 Å². The summed E-state index contributed by atoms with van der Waals surface area (Å²) in [5, 5.41) is 9.05. The summed E-state index contributed by atoms with van der Waals surface area (Å²) in [6.45, 7) is -0.416. The maximum absolute atomic E-state index is 11.3. The summed E-state index contributed by atoms with van der Waals surface area (Å²) in [7, 11) is -3.49. The number of aliphatic hydroxyl groups excluding tert-OH is 1. The van der Waals surface area contributed by atoms with Gasteiger partial charge in [-0.3, -0.25) is 4.72 Å². The van der Waals surface area contributed by atoms with Gasteiger partial charge in [0.05, 0.1) is 18.0 Å². The molecule has 84 valence electrons. The van der Waals surface area contributed by atoms with Crippen LogP contribution in [0.4, 0.5) is 5.69 Å². The largest absolute Gasteiger partial charge is 0.395 e. The predicted molar refractivity (Wildman–Crippen MR) is 63.6 cm³/mol. The molecule has 0 fully saturated rings. The predicted octanol–water partition coefficient (Wildman–Crippen LogP) is 1.84. The molecule has 0 aliphatic heterocycles. The van der Waals surface area contributed by atoms with E-state index < -0.39 is 16.6 Å². The van der Waals surface area contributed by atoms with Crippen LogP contribution < -0.4 is 4.72 Å². The minimum atomic E-state index is -3.49. The SMILES string of the molecule is O=S(=O)(CCO)Nc1ccc(Cl)cc1Br. The fourth-order valence-electron chi connectivity index (χ4n) is 0.911. The summed E-state index contributed by atoms with van der Waals surface area (Å²) in [4.78, 5) is 0. The first-order valence-electron chi connectivity index (χ1n) is 4.01. The van der Waals surface area contributed by atoms with Gasteiger partial charge in [-0.2, -0.15) is 0 Å². The standard InChI is InChI=1S/C8H9BrClNO3S/c9-7-5-6(10)1-2-8(7)11-15(13,14)4-3-12/h1-2,5,11-12H,3-4H2. The van der Waals surface area contributed by atoms with Crippen LogP contribution in [0.3, 0.4) is 0 Å². The first-order valence-corrected chi connectivity index (χ1v) is 6.83. The molecule has 0 saturated heterocycles. The van der Waals surface area contributed by atoms with Crippen LogP contribution in [0.1, 0.15) is 0 Å². The van der Waals surface area contributed by atoms with Gasteiger partial charge in [-0.15, -0.1) is 0 Å². The Bertz CT molecular complexity index is 449. The van der Waals surface area contributed by atoms with Gasteiger partial charge in [-0.1, -0.05) is 11.6 Å². The van der Waals surface area contributed by atoms with Gasteiger partial charge < -0.3 is 5.11 Å². The molecule has 0 spiro atoms. The second-order valence-electron chi connectivity index (χ2n) is 2.77. The van der Waals surface area contributed by atoms with E-state index in [1.54, 1.807) is 18.2 Å². The van der Waals surface area contributed by atoms with Crippen molar-refractivity contribution in [3.05, 3.63) is 27.7 Å². The molecule has 0 aliphatic rings. The van der Waals surface area contributed by atoms with E-state index in [-0.39, 0.29) is 5.75 Å². The molecule has 0 bridgehead atoms. The highest BCUT2D eigenvalue weighted by molar-refractivity contribution is 9.10. The molecule has 0 heterocycles. The smallest absolute Gasteiger partial charge is 0.235 e. The molecule has 1 aromatic carbocycles. The van der Waals surface area contributed by atoms with E-state index in [1.165, 1.54) is 0 Å². The zero-order valence-electron chi connectivity index (χ0n) is 7.57. The second-order valence-corrected chi connectivity index (χ2v) is 5.90. The summed E-state index contributed by atoms with van der Waals surface area (Å²) in [6.07, 6.45) is 0. The van der Waals surface area contributed by atoms with Gasteiger partial charge in [0.15, 0.2) is 0 Å². The van der Waals surface area contributed by atoms with E-state index in [9.17, 15) is 8.42 Å². The van der Waals surface area contributed by atoms with Crippen LogP contribution in [-0.4, -0.2) is 25.9 Å². The number of hydrogen-bond donors (Lipinski definition) is 2. The van der Waals surface area contributed by atoms with Crippen LogP contribution in [0.5, 0.6) is 0 Å². The van der Waals surface area contributed by atoms with Crippen LogP contribution in [0.15, 0.2) is 22.7 Å². The lowest BCUT2D eigenvalue weighted by molar-refractivity contribution is 0.320. The highest BCUT2D eigenvalue weighted by Crippen LogP contribution is 2.26. The Morgan fingerprint density at radius 2 is 2.13 bits per heavy atom. The third-order valence-electron chi connectivity index (χ3n) is 1.56. The molecule has 0 atom stereocenters. The quantitative estimate of drug-likeness (QED) is 0.891. The van der Waals surface area contributed by atoms with Crippen molar-refractivity contribution in [1.29, 1.82) is 0 Å². The van der Waals surface area contributed by atoms with Gasteiger partial charge in [0.2, 0.25) is 10.0 Å². The Hall–Kier alpha value is -0.300. The van der Waals surface area contributed by atoms with Crippen LogP contribution in [0.2, 0.25) is 5.02 Å². The van der Waals surface area contributed by atoms with Gasteiger partial charge >= 0.3 is 0 Å². The summed E-state index contributed by atoms with van der Waals surface area (Å²) in [5.41, 5.74) is 0.396. The molecule has 1 aromatic rings. The topological polar surface area (TPSA) is 66.4 Å². The van der Waals surface area contributed by atoms with Crippen molar-refractivity contribution in [1.82, 2.24) is 0 Å². The summed E-state index contributed by atoms with van der Waals surface area (Å²) < 4.78 is 25.5. The lowest BCUT2D eigenvalue weighted by Crippen LogP contribution is -2.19. The van der Waals surface area contributed by atoms with Crippen molar-refractivity contribution in [2.24, 2.45) is 0 Å². The Balaban J connectivity index is 2.90. The Kier molecular flexibility index (Phi) is 4.39. The van der Waals surface area contributed by atoms with Gasteiger partial charge in [0, 0.05) is 9.50 Å². The van der Waals surface area contributed by atoms with Crippen molar-refractivity contribution in [2.45, 2.75) is 0 Å². The number of rotatable bonds is 4. The first kappa shape index (κ1) is 12.8. The van der Waals surface area contributed by atoms with Gasteiger partial charge in [0.1, 0.15) is 0 Å². The van der Waals surface area contributed by atoms with Crippen LogP contribution in [0, 0.1) is 0 Å². The van der Waals surface area contributed by atoms with Crippen molar-refractivity contribution < 1.29 is 13.5 Å². The number of anilines is 1. The number of halogens is 2. The second kappa shape index (κ2) is 5.16. The Labute approximate surface area is 101 Å². The highest BCUT2D eigenvalue weighted by Gasteiger charge is 2.11. The number of sulfonamides is 1. The molecule has 0 aromatic heterocycles. The van der Waals surface area contributed by atoms with Crippen molar-refractivity contribution in [3.63, 3.8) is 0 Å². The number of nitrogens with one attached hydrogen (secondary N) is 1. The van der Waals surface area contributed by atoms with E-state index in [4.69, 9.17) is 16.7 Å². The molecule has 0 radical (unpaired) electrons. The molecular weight excluding hydrogens is 306 g/mol. The summed E-state index contributed by atoms with van der Waals surface area (Å²) in [6, 6.07) is 4.70. The van der Waals surface area contributed by atoms with Crippen LogP contribution in [0.25, 0.3) is 0 Å². The van der Waals surface area contributed by atoms with E-state index in [2.05, 4.69) is 20.7 Å². The number of benzene rings is 1. The number of hydrogen-bond acceptors (Lipinski definition) is 3. The molecule has 0 amide bonds. The fourth-order valence-corrected chi connectivity index (χ4v) is 2.68. The minimum Gasteiger partial charge on any atom is -0.395 e. The molecule has 15 heavy (non-hydrogen) atoms. The fraction of sp³-hybridized carbons (Fsp3) is 0.250. The van der Waals surface area contributed by atoms with Crippen molar-refractivity contribution in [3.8, 4) is 0 Å². The molecule has 2 N–H and O–H groups in total. The van der Waals surface area contributed by atoms with Gasteiger partial charge in [-0.25, -0.2) is 8.42 Å². The lowest BCUT2D eigenvalue weighted by Gasteiger charge is -2.08. The average molecular weight is 315 g/mol. The van der Waals surface area contributed by atoms with Gasteiger partial charge in [-0.05, 0) is 34.1 Å². The van der Waals surface area contributed by atoms with Gasteiger partial charge in [0.25, 0.3) is 0 Å². The van der Waals surface area contributed by atoms with Crippen molar-refractivity contribution >= 4 is 43.2 Å². The third kappa shape index (κ3) is 3.98. The average Bonchev–Trinajstić information content (AvgIpc) is 2.09. The van der Waals surface area contributed by atoms with E-state index in [1.807, 2.05) is 0 Å². The normalized spacial score (nSPS) is 11.4. The minimum absolute atomic E-state index is 0.331. The Morgan fingerprint density at radius 3 is 2.67 bits per heavy atom. The zero-order valence-corrected chi connectivity index (χ0v) is 10.7. The molecular formula is C8H9BrClNO3S. The zero-order chi connectivity index (χ0) is 11.5. The lowest BCUT2D eigenvalue weighted by atomic mass is 10.3. The van der Waals surface area contributed by atoms with Crippen LogP contribution in [-0.2, 0) is 10.0 Å². The molecule has 4 nitrogen and oxygen atoms in total. The Morgan fingerprint density at radius 1 is 1.47 bits per heavy atom. The highest BCUT2D eigenvalue weighted by atomic mass is 79.9.